The number of imidazole rings is 1. The lowest BCUT2D eigenvalue weighted by atomic mass is 10.0. The molecule has 0 radical (unpaired) electrons. The zero-order chi connectivity index (χ0) is 13.4. The Morgan fingerprint density at radius 1 is 1.11 bits per heavy atom. The van der Waals surface area contributed by atoms with Gasteiger partial charge in [-0.1, -0.05) is 33.8 Å². The van der Waals surface area contributed by atoms with Gasteiger partial charge in [-0.25, -0.2) is 4.98 Å². The van der Waals surface area contributed by atoms with Crippen LogP contribution in [0.5, 0.6) is 5.75 Å². The van der Waals surface area contributed by atoms with Crippen molar-refractivity contribution >= 4 is 11.0 Å². The molecule has 2 rings (SSSR count). The van der Waals surface area contributed by atoms with E-state index in [-0.39, 0.29) is 0 Å². The number of fused-ring (bicyclic) bond motifs is 1. The highest BCUT2D eigenvalue weighted by atomic mass is 16.5. The largest absolute Gasteiger partial charge is 0.494 e. The highest BCUT2D eigenvalue weighted by molar-refractivity contribution is 5.84. The van der Waals surface area contributed by atoms with E-state index in [4.69, 9.17) is 9.72 Å². The van der Waals surface area contributed by atoms with Crippen LogP contribution in [-0.4, -0.2) is 16.7 Å². The fourth-order valence-electron chi connectivity index (χ4n) is 2.49. The summed E-state index contributed by atoms with van der Waals surface area (Å²) in [5, 5.41) is 0. The number of aromatic nitrogens is 2. The third kappa shape index (κ3) is 1.88. The number of benzene rings is 1. The highest BCUT2D eigenvalue weighted by Crippen LogP contribution is 2.35. The van der Waals surface area contributed by atoms with Crippen LogP contribution in [0.2, 0.25) is 0 Å². The van der Waals surface area contributed by atoms with Crippen molar-refractivity contribution in [2.24, 2.45) is 7.05 Å². The van der Waals surface area contributed by atoms with Crippen LogP contribution in [0.4, 0.5) is 0 Å². The Labute approximate surface area is 109 Å². The first-order valence-electron chi connectivity index (χ1n) is 6.50. The molecule has 0 amide bonds. The topological polar surface area (TPSA) is 27.1 Å². The molecule has 0 atom stereocenters. The second kappa shape index (κ2) is 4.63. The van der Waals surface area contributed by atoms with Gasteiger partial charge in [0.15, 0.2) is 0 Å². The van der Waals surface area contributed by atoms with Gasteiger partial charge in [0.1, 0.15) is 17.1 Å². The summed E-state index contributed by atoms with van der Waals surface area (Å²) < 4.78 is 7.79. The molecule has 0 fully saturated rings. The Morgan fingerprint density at radius 3 is 2.28 bits per heavy atom. The fraction of sp³-hybridized carbons (Fsp3) is 0.533. The smallest absolute Gasteiger partial charge is 0.148 e. The van der Waals surface area contributed by atoms with Gasteiger partial charge in [0.05, 0.1) is 12.6 Å². The number of rotatable bonds is 3. The quantitative estimate of drug-likeness (QED) is 0.823. The molecule has 0 aliphatic rings. The Hall–Kier alpha value is -1.51. The summed E-state index contributed by atoms with van der Waals surface area (Å²) in [5.41, 5.74) is 3.36. The first-order chi connectivity index (χ1) is 8.47. The van der Waals surface area contributed by atoms with Crippen molar-refractivity contribution in [1.29, 1.82) is 0 Å². The van der Waals surface area contributed by atoms with Crippen LogP contribution in [-0.2, 0) is 7.05 Å². The molecule has 0 saturated heterocycles. The van der Waals surface area contributed by atoms with Crippen LogP contribution in [0, 0.1) is 0 Å². The number of ether oxygens (including phenoxy) is 1. The van der Waals surface area contributed by atoms with E-state index in [1.165, 1.54) is 5.56 Å². The molecular weight excluding hydrogens is 224 g/mol. The van der Waals surface area contributed by atoms with E-state index in [9.17, 15) is 0 Å². The number of methoxy groups -OCH3 is 1. The minimum absolute atomic E-state index is 0.412. The summed E-state index contributed by atoms with van der Waals surface area (Å²) in [7, 11) is 3.81. The molecule has 0 aliphatic heterocycles. The Bertz CT molecular complexity index is 567. The first-order valence-corrected chi connectivity index (χ1v) is 6.50. The van der Waals surface area contributed by atoms with Crippen LogP contribution in [0.25, 0.3) is 11.0 Å². The molecule has 0 bridgehead atoms. The van der Waals surface area contributed by atoms with Gasteiger partial charge in [-0.05, 0) is 17.5 Å². The molecule has 98 valence electrons. The van der Waals surface area contributed by atoms with E-state index in [0.717, 1.165) is 22.6 Å². The van der Waals surface area contributed by atoms with Crippen LogP contribution >= 0.6 is 0 Å². The zero-order valence-electron chi connectivity index (χ0n) is 12.1. The zero-order valence-corrected chi connectivity index (χ0v) is 12.1. The fourth-order valence-corrected chi connectivity index (χ4v) is 2.49. The predicted molar refractivity (Wildman–Crippen MR) is 75.4 cm³/mol. The predicted octanol–water partition coefficient (Wildman–Crippen LogP) is 3.83. The SMILES string of the molecule is COc1c(C(C)C)ccc2nc(C(C)C)n(C)c12. The molecule has 0 N–H and O–H groups in total. The van der Waals surface area contributed by atoms with E-state index in [0.29, 0.717) is 11.8 Å². The minimum Gasteiger partial charge on any atom is -0.494 e. The van der Waals surface area contributed by atoms with E-state index < -0.39 is 0 Å². The minimum atomic E-state index is 0.412. The summed E-state index contributed by atoms with van der Waals surface area (Å²) in [5.74, 6) is 2.92. The molecule has 0 saturated carbocycles. The third-order valence-corrected chi connectivity index (χ3v) is 3.40. The average molecular weight is 246 g/mol. The molecule has 1 aromatic heterocycles. The molecule has 0 aliphatic carbocycles. The van der Waals surface area contributed by atoms with Crippen molar-refractivity contribution in [1.82, 2.24) is 9.55 Å². The molecule has 3 heteroatoms. The molecule has 1 heterocycles. The molecule has 0 spiro atoms. The van der Waals surface area contributed by atoms with Crippen LogP contribution in [0.1, 0.15) is 50.9 Å². The monoisotopic (exact) mass is 246 g/mol. The van der Waals surface area contributed by atoms with Crippen molar-refractivity contribution < 1.29 is 4.74 Å². The van der Waals surface area contributed by atoms with Gasteiger partial charge in [-0.3, -0.25) is 0 Å². The average Bonchev–Trinajstić information content (AvgIpc) is 2.65. The van der Waals surface area contributed by atoms with E-state index >= 15 is 0 Å². The summed E-state index contributed by atoms with van der Waals surface area (Å²) in [6.45, 7) is 8.70. The summed E-state index contributed by atoms with van der Waals surface area (Å²) in [4.78, 5) is 4.70. The number of aryl methyl sites for hydroxylation is 1. The highest BCUT2D eigenvalue weighted by Gasteiger charge is 2.18. The van der Waals surface area contributed by atoms with Crippen molar-refractivity contribution in [3.63, 3.8) is 0 Å². The van der Waals surface area contributed by atoms with Gasteiger partial charge in [-0.2, -0.15) is 0 Å². The van der Waals surface area contributed by atoms with Gasteiger partial charge in [0.2, 0.25) is 0 Å². The van der Waals surface area contributed by atoms with E-state index in [2.05, 4.69) is 51.4 Å². The Balaban J connectivity index is 2.79. The van der Waals surface area contributed by atoms with Gasteiger partial charge in [-0.15, -0.1) is 0 Å². The Kier molecular flexibility index (Phi) is 3.33. The van der Waals surface area contributed by atoms with E-state index in [1.807, 2.05) is 0 Å². The van der Waals surface area contributed by atoms with Crippen molar-refractivity contribution in [3.8, 4) is 5.75 Å². The summed E-state index contributed by atoms with van der Waals surface area (Å²) in [6, 6.07) is 4.22. The maximum atomic E-state index is 5.63. The number of hydrogen-bond donors (Lipinski definition) is 0. The lowest BCUT2D eigenvalue weighted by molar-refractivity contribution is 0.410. The normalized spacial score (nSPS) is 11.8. The van der Waals surface area contributed by atoms with Gasteiger partial charge in [0.25, 0.3) is 0 Å². The molecule has 3 nitrogen and oxygen atoms in total. The molecule has 2 aromatic rings. The molecule has 1 aromatic carbocycles. The first kappa shape index (κ1) is 12.9. The number of nitrogens with zero attached hydrogens (tertiary/aromatic N) is 2. The molecular formula is C15H22N2O. The van der Waals surface area contributed by atoms with Gasteiger partial charge < -0.3 is 9.30 Å². The van der Waals surface area contributed by atoms with Crippen LogP contribution in [0.15, 0.2) is 12.1 Å². The molecule has 0 unspecified atom stereocenters. The van der Waals surface area contributed by atoms with Gasteiger partial charge in [0, 0.05) is 13.0 Å². The summed E-state index contributed by atoms with van der Waals surface area (Å²) >= 11 is 0. The number of hydrogen-bond acceptors (Lipinski definition) is 2. The molecule has 18 heavy (non-hydrogen) atoms. The van der Waals surface area contributed by atoms with E-state index in [1.54, 1.807) is 7.11 Å². The standard InChI is InChI=1S/C15H22N2O/c1-9(2)11-7-8-12-13(14(11)18-6)17(5)15(16-12)10(3)4/h7-10H,1-6H3. The second-order valence-corrected chi connectivity index (χ2v) is 5.39. The van der Waals surface area contributed by atoms with Crippen LogP contribution in [0.3, 0.4) is 0 Å². The lowest BCUT2D eigenvalue weighted by Crippen LogP contribution is -2.01. The third-order valence-electron chi connectivity index (χ3n) is 3.40. The van der Waals surface area contributed by atoms with Crippen LogP contribution < -0.4 is 4.74 Å². The maximum absolute atomic E-state index is 5.63. The lowest BCUT2D eigenvalue weighted by Gasteiger charge is -2.14. The summed E-state index contributed by atoms with van der Waals surface area (Å²) in [6.07, 6.45) is 0. The van der Waals surface area contributed by atoms with Crippen molar-refractivity contribution in [2.45, 2.75) is 39.5 Å². The van der Waals surface area contributed by atoms with Crippen molar-refractivity contribution in [2.75, 3.05) is 7.11 Å². The van der Waals surface area contributed by atoms with Gasteiger partial charge >= 0.3 is 0 Å². The second-order valence-electron chi connectivity index (χ2n) is 5.39. The maximum Gasteiger partial charge on any atom is 0.148 e. The van der Waals surface area contributed by atoms with Crippen molar-refractivity contribution in [3.05, 3.63) is 23.5 Å². The Morgan fingerprint density at radius 2 is 1.78 bits per heavy atom.